The molecule has 1 N–H and O–H groups in total. The fourth-order valence-electron chi connectivity index (χ4n) is 4.27. The highest BCUT2D eigenvalue weighted by Gasteiger charge is 2.28. The Morgan fingerprint density at radius 1 is 1.41 bits per heavy atom. The number of thiophene rings is 1. The van der Waals surface area contributed by atoms with Crippen LogP contribution in [-0.2, 0) is 24.2 Å². The third kappa shape index (κ3) is 4.34. The van der Waals surface area contributed by atoms with Crippen LogP contribution >= 0.6 is 22.9 Å². The van der Waals surface area contributed by atoms with Crippen LogP contribution in [0.15, 0.2) is 23.0 Å². The van der Waals surface area contributed by atoms with Gasteiger partial charge in [0.25, 0.3) is 5.56 Å². The van der Waals surface area contributed by atoms with E-state index in [1.54, 1.807) is 28.9 Å². The fourth-order valence-corrected chi connectivity index (χ4v) is 5.85. The number of nitrogens with one attached hydrogen (secondary N) is 1. The zero-order valence-corrected chi connectivity index (χ0v) is 20.7. The number of nitrogens with zero attached hydrogens (tertiary/aromatic N) is 3. The van der Waals surface area contributed by atoms with Crippen LogP contribution in [0.3, 0.4) is 0 Å². The summed E-state index contributed by atoms with van der Waals surface area (Å²) in [7, 11) is 3.86. The molecule has 32 heavy (non-hydrogen) atoms. The number of carbonyl (C=O) groups is 1. The van der Waals surface area contributed by atoms with Gasteiger partial charge in [-0.2, -0.15) is 0 Å². The van der Waals surface area contributed by atoms with Gasteiger partial charge in [-0.1, -0.05) is 24.6 Å². The maximum atomic E-state index is 13.8. The lowest BCUT2D eigenvalue weighted by molar-refractivity contribution is -0.119. The Bertz CT molecular complexity index is 1250. The summed E-state index contributed by atoms with van der Waals surface area (Å²) < 4.78 is 1.57. The summed E-state index contributed by atoms with van der Waals surface area (Å²) >= 11 is 7.85. The molecule has 0 bridgehead atoms. The molecule has 2 atom stereocenters. The van der Waals surface area contributed by atoms with Crippen LogP contribution in [0.25, 0.3) is 10.2 Å². The molecule has 0 fully saturated rings. The largest absolute Gasteiger partial charge is 0.324 e. The SMILES string of the molecule is Cc1ccc(NC(=O)C(C)n2c(CN(C)C)nc3sc4c(c3c2=O)CCC(C)C4)cc1Cl. The van der Waals surface area contributed by atoms with Crippen LogP contribution in [0.2, 0.25) is 5.02 Å². The van der Waals surface area contributed by atoms with Crippen LogP contribution in [0.1, 0.15) is 48.1 Å². The van der Waals surface area contributed by atoms with E-state index in [1.165, 1.54) is 4.88 Å². The second-order valence-electron chi connectivity index (χ2n) is 9.10. The number of aryl methyl sites for hydroxylation is 2. The molecule has 6 nitrogen and oxygen atoms in total. The van der Waals surface area contributed by atoms with Crippen molar-refractivity contribution < 1.29 is 4.79 Å². The molecule has 0 radical (unpaired) electrons. The lowest BCUT2D eigenvalue weighted by Crippen LogP contribution is -2.36. The zero-order chi connectivity index (χ0) is 23.2. The van der Waals surface area contributed by atoms with Crippen molar-refractivity contribution in [2.24, 2.45) is 5.92 Å². The van der Waals surface area contributed by atoms with Crippen molar-refractivity contribution >= 4 is 44.7 Å². The number of fused-ring (bicyclic) bond motifs is 3. The van der Waals surface area contributed by atoms with Crippen LogP contribution in [-0.4, -0.2) is 34.5 Å². The third-order valence-electron chi connectivity index (χ3n) is 6.10. The molecule has 0 saturated carbocycles. The van der Waals surface area contributed by atoms with Gasteiger partial charge in [0.1, 0.15) is 16.7 Å². The number of hydrogen-bond acceptors (Lipinski definition) is 5. The number of carbonyl (C=O) groups excluding carboxylic acids is 1. The molecule has 0 saturated heterocycles. The maximum absolute atomic E-state index is 13.8. The first kappa shape index (κ1) is 23.0. The minimum Gasteiger partial charge on any atom is -0.324 e. The average molecular weight is 473 g/mol. The van der Waals surface area contributed by atoms with Crippen molar-refractivity contribution in [1.82, 2.24) is 14.5 Å². The Labute approximate surface area is 197 Å². The van der Waals surface area contributed by atoms with Crippen molar-refractivity contribution in [3.05, 3.63) is 55.4 Å². The molecule has 2 aromatic heterocycles. The van der Waals surface area contributed by atoms with Gasteiger partial charge in [-0.15, -0.1) is 11.3 Å². The van der Waals surface area contributed by atoms with Crippen molar-refractivity contribution in [2.45, 2.75) is 52.6 Å². The topological polar surface area (TPSA) is 67.2 Å². The van der Waals surface area contributed by atoms with Crippen LogP contribution in [0.4, 0.5) is 5.69 Å². The van der Waals surface area contributed by atoms with Crippen molar-refractivity contribution in [3.8, 4) is 0 Å². The standard InChI is InChI=1S/C24H29ClN4O2S/c1-13-6-9-17-19(10-13)32-23-21(17)24(31)29(20(27-23)12-28(4)5)15(3)22(30)26-16-8-7-14(2)18(25)11-16/h7-8,11,13,15H,6,9-10,12H2,1-5H3,(H,26,30). The number of benzene rings is 1. The quantitative estimate of drug-likeness (QED) is 0.578. The second kappa shape index (κ2) is 8.96. The van der Waals surface area contributed by atoms with Crippen molar-refractivity contribution in [1.29, 1.82) is 0 Å². The van der Waals surface area contributed by atoms with Gasteiger partial charge in [-0.05, 0) is 76.4 Å². The number of rotatable bonds is 5. The third-order valence-corrected chi connectivity index (χ3v) is 7.65. The van der Waals surface area contributed by atoms with E-state index in [1.807, 2.05) is 38.1 Å². The van der Waals surface area contributed by atoms with E-state index in [4.69, 9.17) is 16.6 Å². The smallest absolute Gasteiger partial charge is 0.263 e. The molecule has 1 aliphatic carbocycles. The van der Waals surface area contributed by atoms with Crippen molar-refractivity contribution in [3.63, 3.8) is 0 Å². The maximum Gasteiger partial charge on any atom is 0.263 e. The normalized spacial score (nSPS) is 16.9. The molecule has 1 amide bonds. The summed E-state index contributed by atoms with van der Waals surface area (Å²) in [6.07, 6.45) is 2.95. The molecular formula is C24H29ClN4O2S. The molecular weight excluding hydrogens is 444 g/mol. The Morgan fingerprint density at radius 2 is 2.16 bits per heavy atom. The predicted molar refractivity (Wildman–Crippen MR) is 132 cm³/mol. The molecule has 2 heterocycles. The average Bonchev–Trinajstić information content (AvgIpc) is 3.07. The van der Waals surface area contributed by atoms with Crippen LogP contribution in [0.5, 0.6) is 0 Å². The summed E-state index contributed by atoms with van der Waals surface area (Å²) in [6.45, 7) is 6.38. The van der Waals surface area contributed by atoms with Gasteiger partial charge >= 0.3 is 0 Å². The van der Waals surface area contributed by atoms with E-state index < -0.39 is 6.04 Å². The monoisotopic (exact) mass is 472 g/mol. The van der Waals surface area contributed by atoms with E-state index in [2.05, 4.69) is 12.2 Å². The zero-order valence-electron chi connectivity index (χ0n) is 19.2. The first-order chi connectivity index (χ1) is 15.2. The molecule has 0 aliphatic heterocycles. The van der Waals surface area contributed by atoms with Gasteiger partial charge in [0, 0.05) is 15.6 Å². The minimum absolute atomic E-state index is 0.122. The van der Waals surface area contributed by atoms with Gasteiger partial charge in [-0.25, -0.2) is 4.98 Å². The first-order valence-electron chi connectivity index (χ1n) is 10.9. The molecule has 0 spiro atoms. The van der Waals surface area contributed by atoms with E-state index in [-0.39, 0.29) is 11.5 Å². The van der Waals surface area contributed by atoms with Crippen molar-refractivity contribution in [2.75, 3.05) is 19.4 Å². The fraction of sp³-hybridized carbons (Fsp3) is 0.458. The van der Waals surface area contributed by atoms with Gasteiger partial charge in [0.2, 0.25) is 5.91 Å². The predicted octanol–water partition coefficient (Wildman–Crippen LogP) is 4.81. The lowest BCUT2D eigenvalue weighted by Gasteiger charge is -2.21. The summed E-state index contributed by atoms with van der Waals surface area (Å²) in [5.74, 6) is 0.944. The molecule has 1 aromatic carbocycles. The van der Waals surface area contributed by atoms with E-state index in [0.717, 1.165) is 35.2 Å². The van der Waals surface area contributed by atoms with Gasteiger partial charge in [0.15, 0.2) is 0 Å². The Hall–Kier alpha value is -2.22. The van der Waals surface area contributed by atoms with E-state index in [9.17, 15) is 9.59 Å². The van der Waals surface area contributed by atoms with Crippen LogP contribution < -0.4 is 10.9 Å². The highest BCUT2D eigenvalue weighted by molar-refractivity contribution is 7.18. The Morgan fingerprint density at radius 3 is 2.84 bits per heavy atom. The van der Waals surface area contributed by atoms with Gasteiger partial charge in [0.05, 0.1) is 11.9 Å². The van der Waals surface area contributed by atoms with Gasteiger partial charge in [-0.3, -0.25) is 14.2 Å². The van der Waals surface area contributed by atoms with Gasteiger partial charge < -0.3 is 10.2 Å². The van der Waals surface area contributed by atoms with Crippen LogP contribution in [0, 0.1) is 12.8 Å². The highest BCUT2D eigenvalue weighted by Crippen LogP contribution is 2.36. The lowest BCUT2D eigenvalue weighted by atomic mass is 9.89. The molecule has 170 valence electrons. The van der Waals surface area contributed by atoms with E-state index >= 15 is 0 Å². The molecule has 1 aliphatic rings. The highest BCUT2D eigenvalue weighted by atomic mass is 35.5. The molecule has 4 rings (SSSR count). The summed E-state index contributed by atoms with van der Waals surface area (Å²) in [5.41, 5.74) is 2.55. The number of anilines is 1. The molecule has 8 heteroatoms. The number of hydrogen-bond donors (Lipinski definition) is 1. The number of amides is 1. The summed E-state index contributed by atoms with van der Waals surface area (Å²) in [4.78, 5) is 35.8. The number of halogens is 1. The summed E-state index contributed by atoms with van der Waals surface area (Å²) in [5, 5.41) is 4.18. The van der Waals surface area contributed by atoms with E-state index in [0.29, 0.717) is 34.4 Å². The Balaban J connectivity index is 1.78. The summed E-state index contributed by atoms with van der Waals surface area (Å²) in [6, 6.07) is 4.68. The number of aromatic nitrogens is 2. The minimum atomic E-state index is -0.715. The second-order valence-corrected chi connectivity index (χ2v) is 10.6. The molecule has 2 unspecified atom stereocenters. The Kier molecular flexibility index (Phi) is 6.43. The first-order valence-corrected chi connectivity index (χ1v) is 12.1. The molecule has 3 aromatic rings.